The second-order valence-corrected chi connectivity index (χ2v) is 7.32. The number of hydrogen-bond acceptors (Lipinski definition) is 4. The third-order valence-electron chi connectivity index (χ3n) is 4.99. The Morgan fingerprint density at radius 1 is 1.13 bits per heavy atom. The molecule has 2 aromatic carbocycles. The zero-order valence-electron chi connectivity index (χ0n) is 16.9. The molecule has 1 heterocycles. The fourth-order valence-corrected chi connectivity index (χ4v) is 3.29. The lowest BCUT2D eigenvalue weighted by Gasteiger charge is -2.16. The zero-order chi connectivity index (χ0) is 21.5. The van der Waals surface area contributed by atoms with E-state index in [1.165, 1.54) is 12.1 Å². The van der Waals surface area contributed by atoms with Crippen LogP contribution in [0.2, 0.25) is 0 Å². The van der Waals surface area contributed by atoms with E-state index in [0.29, 0.717) is 37.4 Å². The van der Waals surface area contributed by atoms with Gasteiger partial charge in [0.25, 0.3) is 0 Å². The van der Waals surface area contributed by atoms with Crippen molar-refractivity contribution < 1.29 is 23.5 Å². The number of rotatable bonds is 8. The highest BCUT2D eigenvalue weighted by Gasteiger charge is 2.34. The molecule has 0 aliphatic carbocycles. The highest BCUT2D eigenvalue weighted by molar-refractivity contribution is 5.97. The number of carbonyl (C=O) groups is 3. The molecule has 1 saturated heterocycles. The summed E-state index contributed by atoms with van der Waals surface area (Å²) < 4.78 is 18.1. The van der Waals surface area contributed by atoms with Crippen LogP contribution in [-0.4, -0.2) is 42.4 Å². The standard InChI is InChI=1S/C23H25FN2O4/c1-2-13-30-23(29)17-5-9-20(10-6-17)25-22(28)18-14-21(27)26(15-18)12-11-16-3-7-19(24)8-4-16/h3-10,18H,2,11-15H2,1H3,(H,25,28). The van der Waals surface area contributed by atoms with E-state index in [4.69, 9.17) is 4.74 Å². The molecule has 1 atom stereocenters. The van der Waals surface area contributed by atoms with E-state index in [-0.39, 0.29) is 24.1 Å². The van der Waals surface area contributed by atoms with E-state index in [0.717, 1.165) is 12.0 Å². The van der Waals surface area contributed by atoms with Gasteiger partial charge in [-0.15, -0.1) is 0 Å². The predicted molar refractivity (Wildman–Crippen MR) is 110 cm³/mol. The normalized spacial score (nSPS) is 15.9. The molecule has 0 saturated carbocycles. The summed E-state index contributed by atoms with van der Waals surface area (Å²) in [5.74, 6) is -1.41. The van der Waals surface area contributed by atoms with Crippen LogP contribution in [0.5, 0.6) is 0 Å². The predicted octanol–water partition coefficient (Wildman–Crippen LogP) is 3.42. The Bertz CT molecular complexity index is 896. The summed E-state index contributed by atoms with van der Waals surface area (Å²) in [4.78, 5) is 38.3. The molecule has 1 aliphatic rings. The van der Waals surface area contributed by atoms with Crippen molar-refractivity contribution in [1.29, 1.82) is 0 Å². The van der Waals surface area contributed by atoms with Crippen LogP contribution in [-0.2, 0) is 20.7 Å². The van der Waals surface area contributed by atoms with Gasteiger partial charge in [0.15, 0.2) is 0 Å². The summed E-state index contributed by atoms with van der Waals surface area (Å²) in [5.41, 5.74) is 1.92. The monoisotopic (exact) mass is 412 g/mol. The lowest BCUT2D eigenvalue weighted by Crippen LogP contribution is -2.30. The third-order valence-corrected chi connectivity index (χ3v) is 4.99. The van der Waals surface area contributed by atoms with Crippen LogP contribution in [0, 0.1) is 11.7 Å². The third kappa shape index (κ3) is 5.65. The van der Waals surface area contributed by atoms with Crippen molar-refractivity contribution in [3.63, 3.8) is 0 Å². The smallest absolute Gasteiger partial charge is 0.338 e. The maximum atomic E-state index is 13.0. The van der Waals surface area contributed by atoms with E-state index in [9.17, 15) is 18.8 Å². The number of likely N-dealkylation sites (tertiary alicyclic amines) is 1. The first-order chi connectivity index (χ1) is 14.5. The van der Waals surface area contributed by atoms with E-state index in [1.54, 1.807) is 41.3 Å². The van der Waals surface area contributed by atoms with Crippen LogP contribution < -0.4 is 5.32 Å². The fourth-order valence-electron chi connectivity index (χ4n) is 3.29. The molecule has 0 spiro atoms. The number of anilines is 1. The van der Waals surface area contributed by atoms with Gasteiger partial charge in [0.1, 0.15) is 5.82 Å². The van der Waals surface area contributed by atoms with Gasteiger partial charge in [-0.05, 0) is 54.8 Å². The summed E-state index contributed by atoms with van der Waals surface area (Å²) in [6.07, 6.45) is 1.52. The van der Waals surface area contributed by atoms with Gasteiger partial charge < -0.3 is 15.0 Å². The van der Waals surface area contributed by atoms with Crippen molar-refractivity contribution in [2.75, 3.05) is 25.0 Å². The van der Waals surface area contributed by atoms with Crippen LogP contribution in [0.3, 0.4) is 0 Å². The molecule has 1 aliphatic heterocycles. The van der Waals surface area contributed by atoms with Gasteiger partial charge in [-0.2, -0.15) is 0 Å². The molecule has 0 bridgehead atoms. The highest BCUT2D eigenvalue weighted by atomic mass is 19.1. The summed E-state index contributed by atoms with van der Waals surface area (Å²) in [6.45, 7) is 3.13. The topological polar surface area (TPSA) is 75.7 Å². The molecule has 0 aromatic heterocycles. The number of hydrogen-bond donors (Lipinski definition) is 1. The van der Waals surface area contributed by atoms with Gasteiger partial charge in [0.05, 0.1) is 18.1 Å². The number of halogens is 1. The van der Waals surface area contributed by atoms with E-state index in [2.05, 4.69) is 5.32 Å². The Hall–Kier alpha value is -3.22. The Balaban J connectivity index is 1.50. The molecule has 1 N–H and O–H groups in total. The van der Waals surface area contributed by atoms with Gasteiger partial charge in [-0.25, -0.2) is 9.18 Å². The van der Waals surface area contributed by atoms with Crippen molar-refractivity contribution in [2.45, 2.75) is 26.2 Å². The molecule has 3 rings (SSSR count). The van der Waals surface area contributed by atoms with Crippen molar-refractivity contribution in [2.24, 2.45) is 5.92 Å². The summed E-state index contributed by atoms with van der Waals surface area (Å²) in [6, 6.07) is 12.7. The number of ether oxygens (including phenoxy) is 1. The molecule has 158 valence electrons. The number of carbonyl (C=O) groups excluding carboxylic acids is 3. The Labute approximate surface area is 175 Å². The summed E-state index contributed by atoms with van der Waals surface area (Å²) in [5, 5.41) is 2.80. The molecule has 0 radical (unpaired) electrons. The molecule has 6 nitrogen and oxygen atoms in total. The van der Waals surface area contributed by atoms with Gasteiger partial charge in [-0.1, -0.05) is 19.1 Å². The van der Waals surface area contributed by atoms with E-state index in [1.807, 2.05) is 6.92 Å². The minimum absolute atomic E-state index is 0.0636. The molecular weight excluding hydrogens is 387 g/mol. The highest BCUT2D eigenvalue weighted by Crippen LogP contribution is 2.21. The molecule has 7 heteroatoms. The first-order valence-corrected chi connectivity index (χ1v) is 10.1. The quantitative estimate of drug-likeness (QED) is 0.674. The van der Waals surface area contributed by atoms with Crippen LogP contribution >= 0.6 is 0 Å². The summed E-state index contributed by atoms with van der Waals surface area (Å²) in [7, 11) is 0. The van der Waals surface area contributed by atoms with Gasteiger partial charge in [0.2, 0.25) is 11.8 Å². The maximum absolute atomic E-state index is 13.0. The van der Waals surface area contributed by atoms with Gasteiger partial charge >= 0.3 is 5.97 Å². The molecule has 1 fully saturated rings. The van der Waals surface area contributed by atoms with Crippen LogP contribution in [0.4, 0.5) is 10.1 Å². The fraction of sp³-hybridized carbons (Fsp3) is 0.348. The number of nitrogens with one attached hydrogen (secondary N) is 1. The lowest BCUT2D eigenvalue weighted by atomic mass is 10.1. The van der Waals surface area contributed by atoms with Crippen LogP contribution in [0.25, 0.3) is 0 Å². The van der Waals surface area contributed by atoms with Crippen LogP contribution in [0.15, 0.2) is 48.5 Å². The Kier molecular flexibility index (Phi) is 7.17. The van der Waals surface area contributed by atoms with Crippen LogP contribution in [0.1, 0.15) is 35.7 Å². The van der Waals surface area contributed by atoms with E-state index >= 15 is 0 Å². The maximum Gasteiger partial charge on any atom is 0.338 e. The van der Waals surface area contributed by atoms with Crippen molar-refractivity contribution >= 4 is 23.5 Å². The molecule has 30 heavy (non-hydrogen) atoms. The van der Waals surface area contributed by atoms with Gasteiger partial charge in [0, 0.05) is 25.2 Å². The Morgan fingerprint density at radius 3 is 2.50 bits per heavy atom. The molecular formula is C23H25FN2O4. The second kappa shape index (κ2) is 10.0. The Morgan fingerprint density at radius 2 is 1.83 bits per heavy atom. The van der Waals surface area contributed by atoms with Crippen molar-refractivity contribution in [1.82, 2.24) is 4.90 Å². The SMILES string of the molecule is CCCOC(=O)c1ccc(NC(=O)C2CC(=O)N(CCc3ccc(F)cc3)C2)cc1. The zero-order valence-corrected chi connectivity index (χ0v) is 16.9. The number of esters is 1. The average Bonchev–Trinajstić information content (AvgIpc) is 3.13. The minimum Gasteiger partial charge on any atom is -0.462 e. The lowest BCUT2D eigenvalue weighted by molar-refractivity contribution is -0.128. The largest absolute Gasteiger partial charge is 0.462 e. The molecule has 2 aromatic rings. The number of amides is 2. The van der Waals surface area contributed by atoms with Crippen molar-refractivity contribution in [3.8, 4) is 0 Å². The van der Waals surface area contributed by atoms with E-state index < -0.39 is 11.9 Å². The van der Waals surface area contributed by atoms with Gasteiger partial charge in [-0.3, -0.25) is 9.59 Å². The number of benzene rings is 2. The number of nitrogens with zero attached hydrogens (tertiary/aromatic N) is 1. The first-order valence-electron chi connectivity index (χ1n) is 10.1. The molecule has 1 unspecified atom stereocenters. The minimum atomic E-state index is -0.431. The molecule has 2 amide bonds. The first kappa shape index (κ1) is 21.5. The second-order valence-electron chi connectivity index (χ2n) is 7.32. The van der Waals surface area contributed by atoms with Crippen molar-refractivity contribution in [3.05, 3.63) is 65.5 Å². The average molecular weight is 412 g/mol. The summed E-state index contributed by atoms with van der Waals surface area (Å²) >= 11 is 0.